The Morgan fingerprint density at radius 3 is 2.42 bits per heavy atom. The van der Waals surface area contributed by atoms with Gasteiger partial charge in [0.1, 0.15) is 6.10 Å². The molecule has 1 aromatic rings. The molecule has 13 heteroatoms. The lowest BCUT2D eigenvalue weighted by molar-refractivity contribution is -0.155. The molecule has 1 aromatic carbocycles. The Hall–Kier alpha value is -3.48. The van der Waals surface area contributed by atoms with Gasteiger partial charge in [-0.05, 0) is 72.0 Å². The molecule has 3 heterocycles. The van der Waals surface area contributed by atoms with E-state index in [1.54, 1.807) is 4.90 Å². The first kappa shape index (κ1) is 39.2. The number of nitrogens with one attached hydrogen (secondary N) is 1. The molecule has 0 spiro atoms. The molecule has 6 rings (SSSR count). The number of carbonyl (C=O) groups excluding carboxylic acids is 5. The molecule has 0 radical (unpaired) electrons. The van der Waals surface area contributed by atoms with Crippen LogP contribution in [0.15, 0.2) is 18.2 Å². The van der Waals surface area contributed by atoms with Crippen LogP contribution in [-0.2, 0) is 58.2 Å². The molecule has 3 amide bonds. The number of benzene rings is 1. The van der Waals surface area contributed by atoms with Crippen LogP contribution in [0.3, 0.4) is 0 Å². The fourth-order valence-corrected chi connectivity index (χ4v) is 9.96. The zero-order valence-corrected chi connectivity index (χ0v) is 33.0. The highest BCUT2D eigenvalue weighted by atomic mass is 32.2. The average Bonchev–Trinajstić information content (AvgIpc) is 3.97. The second kappa shape index (κ2) is 14.6. The summed E-state index contributed by atoms with van der Waals surface area (Å²) in [5.74, 6) is -3.00. The number of rotatable bonds is 7. The Bertz CT molecular complexity index is 1750. The number of hydrogen-bond donors (Lipinski definition) is 1. The number of Topliss-reactive ketones (excluding diaryl/α,β-unsaturated/α-hetero) is 1. The highest BCUT2D eigenvalue weighted by molar-refractivity contribution is 7.90. The summed E-state index contributed by atoms with van der Waals surface area (Å²) in [4.78, 5) is 72.7. The minimum absolute atomic E-state index is 0.0344. The number of carbonyl (C=O) groups is 5. The van der Waals surface area contributed by atoms with Gasteiger partial charge in [-0.25, -0.2) is 13.2 Å². The number of nitrogens with zero attached hydrogens (tertiary/aromatic N) is 2. The third kappa shape index (κ3) is 8.60. The molecule has 3 fully saturated rings. The van der Waals surface area contributed by atoms with Crippen LogP contribution in [0.4, 0.5) is 4.79 Å². The highest BCUT2D eigenvalue weighted by Gasteiger charge is 2.62. The van der Waals surface area contributed by atoms with E-state index in [1.165, 1.54) is 10.5 Å². The molecular weight excluding hydrogens is 699 g/mol. The van der Waals surface area contributed by atoms with Crippen molar-refractivity contribution in [2.75, 3.05) is 13.2 Å². The van der Waals surface area contributed by atoms with Crippen molar-refractivity contribution < 1.29 is 41.9 Å². The second-order valence-corrected chi connectivity index (χ2v) is 20.1. The lowest BCUT2D eigenvalue weighted by Crippen LogP contribution is -2.48. The summed E-state index contributed by atoms with van der Waals surface area (Å²) in [6.45, 7) is 12.6. The molecule has 2 saturated carbocycles. The number of cyclic esters (lactones) is 1. The summed E-state index contributed by atoms with van der Waals surface area (Å²) in [6, 6.07) is 5.12. The predicted octanol–water partition coefficient (Wildman–Crippen LogP) is 5.44. The number of sulfonamides is 1. The SMILES string of the molecule is CC[C@@H]1C[C@]1(CC(=O)[C@@H]1C[C@@H]2CN1C(=O)[C@H](C(C)(C)C)CC(=O)OCC(C)(C)CCCCc1cccc3c1CN(C3)C(=O)O2)C(=O)NS(=O)(=O)C1CC1. The number of aryl methyl sites for hydroxylation is 1. The van der Waals surface area contributed by atoms with Gasteiger partial charge in [0.25, 0.3) is 0 Å². The van der Waals surface area contributed by atoms with Gasteiger partial charge in [-0.15, -0.1) is 0 Å². The van der Waals surface area contributed by atoms with Crippen molar-refractivity contribution in [1.29, 1.82) is 0 Å². The van der Waals surface area contributed by atoms with Gasteiger partial charge < -0.3 is 14.4 Å². The second-order valence-electron chi connectivity index (χ2n) is 18.1. The number of ketones is 1. The molecule has 12 nitrogen and oxygen atoms in total. The molecule has 3 aliphatic heterocycles. The first-order valence-corrected chi connectivity index (χ1v) is 21.0. The van der Waals surface area contributed by atoms with Crippen molar-refractivity contribution in [3.8, 4) is 0 Å². The van der Waals surface area contributed by atoms with Crippen LogP contribution in [0.25, 0.3) is 0 Å². The van der Waals surface area contributed by atoms with Gasteiger partial charge >= 0.3 is 12.1 Å². The van der Waals surface area contributed by atoms with Gasteiger partial charge in [0.15, 0.2) is 5.78 Å². The van der Waals surface area contributed by atoms with Crippen LogP contribution in [0, 0.1) is 28.1 Å². The zero-order chi connectivity index (χ0) is 38.5. The molecule has 1 N–H and O–H groups in total. The minimum Gasteiger partial charge on any atom is -0.465 e. The molecule has 292 valence electrons. The van der Waals surface area contributed by atoms with Gasteiger partial charge in [0.2, 0.25) is 21.8 Å². The topological polar surface area (TPSA) is 156 Å². The fraction of sp³-hybridized carbons (Fsp3) is 0.725. The summed E-state index contributed by atoms with van der Waals surface area (Å²) in [6.07, 6.45) is 3.82. The molecule has 4 bridgehead atoms. The van der Waals surface area contributed by atoms with Crippen LogP contribution in [0.1, 0.15) is 122 Å². The van der Waals surface area contributed by atoms with E-state index in [2.05, 4.69) is 24.6 Å². The van der Waals surface area contributed by atoms with Crippen LogP contribution >= 0.6 is 0 Å². The minimum atomic E-state index is -3.83. The van der Waals surface area contributed by atoms with Gasteiger partial charge in [-0.1, -0.05) is 72.6 Å². The van der Waals surface area contributed by atoms with Gasteiger partial charge in [0, 0.05) is 25.9 Å². The fourth-order valence-electron chi connectivity index (χ4n) is 8.57. The number of fused-ring (bicyclic) bond motifs is 3. The normalized spacial score (nSPS) is 29.7. The van der Waals surface area contributed by atoms with Gasteiger partial charge in [-0.3, -0.25) is 28.8 Å². The number of esters is 1. The maximum atomic E-state index is 14.6. The Balaban J connectivity index is 1.28. The first-order chi connectivity index (χ1) is 24.8. The van der Waals surface area contributed by atoms with E-state index in [9.17, 15) is 32.4 Å². The smallest absolute Gasteiger partial charge is 0.410 e. The van der Waals surface area contributed by atoms with E-state index in [1.807, 2.05) is 39.8 Å². The maximum absolute atomic E-state index is 14.6. The molecular formula is C40H57N3O9S. The summed E-state index contributed by atoms with van der Waals surface area (Å²) in [5.41, 5.74) is 1.24. The summed E-state index contributed by atoms with van der Waals surface area (Å²) < 4.78 is 39.6. The summed E-state index contributed by atoms with van der Waals surface area (Å²) >= 11 is 0. The molecule has 0 unspecified atom stereocenters. The Labute approximate surface area is 314 Å². The summed E-state index contributed by atoms with van der Waals surface area (Å²) in [5, 5.41) is -0.592. The quantitative estimate of drug-likeness (QED) is 0.358. The molecule has 5 aliphatic rings. The number of ether oxygens (including phenoxy) is 2. The van der Waals surface area contributed by atoms with Crippen LogP contribution < -0.4 is 4.72 Å². The van der Waals surface area contributed by atoms with Gasteiger partial charge in [-0.2, -0.15) is 0 Å². The maximum Gasteiger partial charge on any atom is 0.410 e. The molecule has 1 saturated heterocycles. The number of amides is 3. The van der Waals surface area contributed by atoms with E-state index in [4.69, 9.17) is 9.47 Å². The molecule has 2 aliphatic carbocycles. The largest absolute Gasteiger partial charge is 0.465 e. The predicted molar refractivity (Wildman–Crippen MR) is 196 cm³/mol. The lowest BCUT2D eigenvalue weighted by Gasteiger charge is -2.35. The van der Waals surface area contributed by atoms with E-state index in [0.717, 1.165) is 36.8 Å². The van der Waals surface area contributed by atoms with Crippen LogP contribution in [0.5, 0.6) is 0 Å². The summed E-state index contributed by atoms with van der Waals surface area (Å²) in [7, 11) is -3.83. The molecule has 5 atom stereocenters. The van der Waals surface area contributed by atoms with Crippen molar-refractivity contribution in [1.82, 2.24) is 14.5 Å². The van der Waals surface area contributed by atoms with E-state index in [-0.39, 0.29) is 49.5 Å². The van der Waals surface area contributed by atoms with Crippen molar-refractivity contribution in [3.05, 3.63) is 34.9 Å². The van der Waals surface area contributed by atoms with Gasteiger partial charge in [0.05, 0.1) is 42.2 Å². The van der Waals surface area contributed by atoms with Crippen molar-refractivity contribution in [2.24, 2.45) is 28.1 Å². The molecule has 53 heavy (non-hydrogen) atoms. The lowest BCUT2D eigenvalue weighted by atomic mass is 9.77. The van der Waals surface area contributed by atoms with E-state index >= 15 is 0 Å². The van der Waals surface area contributed by atoms with Crippen molar-refractivity contribution in [2.45, 2.75) is 143 Å². The Kier molecular flexibility index (Phi) is 10.8. The van der Waals surface area contributed by atoms with Crippen molar-refractivity contribution in [3.63, 3.8) is 0 Å². The van der Waals surface area contributed by atoms with Crippen LogP contribution in [0.2, 0.25) is 0 Å². The van der Waals surface area contributed by atoms with Crippen molar-refractivity contribution >= 4 is 39.7 Å². The first-order valence-electron chi connectivity index (χ1n) is 19.4. The van der Waals surface area contributed by atoms with E-state index < -0.39 is 68.0 Å². The average molecular weight is 756 g/mol. The number of hydrogen-bond acceptors (Lipinski definition) is 9. The highest BCUT2D eigenvalue weighted by Crippen LogP contribution is 2.58. The Morgan fingerprint density at radius 1 is 1.04 bits per heavy atom. The van der Waals surface area contributed by atoms with E-state index in [0.29, 0.717) is 38.8 Å². The Morgan fingerprint density at radius 2 is 1.75 bits per heavy atom. The standard InChI is InChI=1S/C40H57N3O9S/c1-7-27-19-40(27,36(47)41-53(49,50)29-14-15-29)20-33(44)32-17-28-22-43(32)35(46)31(38(2,3)4)18-34(45)51-24-39(5,6)16-9-8-11-25-12-10-13-26-21-42(23-30(25)26)37(48)52-28/h10,12-13,27-29,31-32H,7-9,11,14-24H2,1-6H3,(H,41,47)/t27-,28-,31-,32+,40-/m1/s1. The third-order valence-corrected chi connectivity index (χ3v) is 14.1. The third-order valence-electron chi connectivity index (χ3n) is 12.3. The monoisotopic (exact) mass is 755 g/mol. The molecule has 0 aromatic heterocycles. The zero-order valence-electron chi connectivity index (χ0n) is 32.2. The van der Waals surface area contributed by atoms with Crippen LogP contribution in [-0.4, -0.2) is 78.4 Å².